The summed E-state index contributed by atoms with van der Waals surface area (Å²) < 4.78 is 0. The van der Waals surface area contributed by atoms with E-state index in [-0.39, 0.29) is 5.92 Å². The molecule has 2 bridgehead atoms. The minimum Gasteiger partial charge on any atom is -0.335 e. The van der Waals surface area contributed by atoms with Gasteiger partial charge in [-0.25, -0.2) is 0 Å². The lowest BCUT2D eigenvalue weighted by atomic mass is 9.84. The number of hydrogen-bond acceptors (Lipinski definition) is 2. The van der Waals surface area contributed by atoms with Crippen molar-refractivity contribution in [3.05, 3.63) is 35.9 Å². The summed E-state index contributed by atoms with van der Waals surface area (Å²) in [6.07, 6.45) is 4.47. The van der Waals surface area contributed by atoms with Gasteiger partial charge in [0.25, 0.3) is 0 Å². The van der Waals surface area contributed by atoms with E-state index < -0.39 is 0 Å². The molecule has 1 amide bonds. The molecule has 3 nitrogen and oxygen atoms in total. The quantitative estimate of drug-likeness (QED) is 0.926. The molecule has 0 saturated carbocycles. The second kappa shape index (κ2) is 6.82. The Bertz CT molecular complexity index is 487. The predicted molar refractivity (Wildman–Crippen MR) is 89.8 cm³/mol. The second-order valence-corrected chi connectivity index (χ2v) is 6.90. The predicted octanol–water partition coefficient (Wildman–Crippen LogP) is 3.17. The highest BCUT2D eigenvalue weighted by molar-refractivity contribution is 5.85. The molecule has 0 spiro atoms. The first-order valence-electron chi connectivity index (χ1n) is 8.80. The molecule has 3 heteroatoms. The smallest absolute Gasteiger partial charge is 0.230 e. The van der Waals surface area contributed by atoms with E-state index in [9.17, 15) is 4.79 Å². The molecule has 1 aromatic carbocycles. The Morgan fingerprint density at radius 3 is 2.68 bits per heavy atom. The molecule has 3 rings (SSSR count). The van der Waals surface area contributed by atoms with Gasteiger partial charge in [0, 0.05) is 18.6 Å². The first kappa shape index (κ1) is 15.5. The maximum absolute atomic E-state index is 13.4. The van der Waals surface area contributed by atoms with Crippen LogP contribution in [0.4, 0.5) is 0 Å². The Kier molecular flexibility index (Phi) is 4.82. The lowest BCUT2D eigenvalue weighted by molar-refractivity contribution is -0.136. The van der Waals surface area contributed by atoms with Crippen molar-refractivity contribution in [1.82, 2.24) is 10.2 Å². The fourth-order valence-electron chi connectivity index (χ4n) is 4.11. The number of hydrogen-bond donors (Lipinski definition) is 1. The van der Waals surface area contributed by atoms with Crippen molar-refractivity contribution >= 4 is 5.91 Å². The number of nitrogens with zero attached hydrogens (tertiary/aromatic N) is 1. The Balaban J connectivity index is 1.89. The molecule has 120 valence electrons. The molecule has 0 radical (unpaired) electrons. The molecule has 0 aromatic heterocycles. The van der Waals surface area contributed by atoms with Crippen LogP contribution in [0.3, 0.4) is 0 Å². The van der Waals surface area contributed by atoms with Gasteiger partial charge in [-0.15, -0.1) is 0 Å². The van der Waals surface area contributed by atoms with Crippen LogP contribution in [-0.2, 0) is 4.79 Å². The van der Waals surface area contributed by atoms with E-state index in [4.69, 9.17) is 0 Å². The van der Waals surface area contributed by atoms with Gasteiger partial charge < -0.3 is 10.2 Å². The van der Waals surface area contributed by atoms with Crippen LogP contribution in [0.1, 0.15) is 51.0 Å². The standard InChI is InChI=1S/C19H28N2O/c1-3-14(2)18(15-7-5-4-6-8-15)19(22)21-16-9-10-17(21)13-20-12-11-16/h4-8,14,16-18,20H,3,9-13H2,1-2H3. The van der Waals surface area contributed by atoms with Crippen LogP contribution in [0.5, 0.6) is 0 Å². The van der Waals surface area contributed by atoms with Gasteiger partial charge in [0.15, 0.2) is 0 Å². The molecule has 2 saturated heterocycles. The number of amides is 1. The van der Waals surface area contributed by atoms with Gasteiger partial charge >= 0.3 is 0 Å². The van der Waals surface area contributed by atoms with Crippen LogP contribution in [0.2, 0.25) is 0 Å². The summed E-state index contributed by atoms with van der Waals surface area (Å²) in [6.45, 7) is 6.41. The van der Waals surface area contributed by atoms with Gasteiger partial charge in [0.05, 0.1) is 5.92 Å². The maximum Gasteiger partial charge on any atom is 0.230 e. The minimum atomic E-state index is 0.00685. The highest BCUT2D eigenvalue weighted by Gasteiger charge is 2.41. The lowest BCUT2D eigenvalue weighted by Gasteiger charge is -2.34. The third-order valence-electron chi connectivity index (χ3n) is 5.55. The van der Waals surface area contributed by atoms with Gasteiger partial charge in [-0.3, -0.25) is 4.79 Å². The average molecular weight is 300 g/mol. The molecule has 2 fully saturated rings. The number of fused-ring (bicyclic) bond motifs is 2. The van der Waals surface area contributed by atoms with E-state index >= 15 is 0 Å². The van der Waals surface area contributed by atoms with E-state index in [1.807, 2.05) is 6.07 Å². The third-order valence-corrected chi connectivity index (χ3v) is 5.55. The molecule has 2 aliphatic heterocycles. The van der Waals surface area contributed by atoms with Gasteiger partial charge in [-0.2, -0.15) is 0 Å². The van der Waals surface area contributed by atoms with E-state index in [1.165, 1.54) is 12.0 Å². The van der Waals surface area contributed by atoms with Crippen LogP contribution in [0.25, 0.3) is 0 Å². The van der Waals surface area contributed by atoms with Crippen molar-refractivity contribution in [3.8, 4) is 0 Å². The average Bonchev–Trinajstić information content (AvgIpc) is 2.81. The van der Waals surface area contributed by atoms with Gasteiger partial charge in [0.1, 0.15) is 0 Å². The highest BCUT2D eigenvalue weighted by atomic mass is 16.2. The molecule has 4 atom stereocenters. The summed E-state index contributed by atoms with van der Waals surface area (Å²) in [7, 11) is 0. The van der Waals surface area contributed by atoms with Gasteiger partial charge in [-0.05, 0) is 37.3 Å². The number of nitrogens with one attached hydrogen (secondary N) is 1. The van der Waals surface area contributed by atoms with E-state index in [2.05, 4.69) is 48.3 Å². The molecular weight excluding hydrogens is 272 g/mol. The summed E-state index contributed by atoms with van der Waals surface area (Å²) >= 11 is 0. The zero-order valence-corrected chi connectivity index (χ0v) is 13.8. The monoisotopic (exact) mass is 300 g/mol. The number of rotatable bonds is 4. The van der Waals surface area contributed by atoms with Crippen molar-refractivity contribution in [2.45, 2.75) is 57.5 Å². The Labute approximate surface area is 134 Å². The first-order chi connectivity index (χ1) is 10.7. The SMILES string of the molecule is CCC(C)C(C(=O)N1C2CCNCC1CC2)c1ccccc1. The molecule has 1 N–H and O–H groups in total. The van der Waals surface area contributed by atoms with Crippen molar-refractivity contribution in [1.29, 1.82) is 0 Å². The first-order valence-corrected chi connectivity index (χ1v) is 8.80. The Hall–Kier alpha value is -1.35. The summed E-state index contributed by atoms with van der Waals surface area (Å²) in [6, 6.07) is 11.2. The van der Waals surface area contributed by atoms with Crippen LogP contribution in [0, 0.1) is 5.92 Å². The van der Waals surface area contributed by atoms with Crippen LogP contribution < -0.4 is 5.32 Å². The third kappa shape index (κ3) is 2.91. The normalized spacial score (nSPS) is 27.3. The number of carbonyl (C=O) groups is 1. The van der Waals surface area contributed by atoms with Crippen LogP contribution >= 0.6 is 0 Å². The van der Waals surface area contributed by atoms with E-state index in [0.717, 1.165) is 32.4 Å². The molecule has 2 heterocycles. The molecular formula is C19H28N2O. The summed E-state index contributed by atoms with van der Waals surface area (Å²) in [4.78, 5) is 15.7. The molecule has 1 aromatic rings. The number of carbonyl (C=O) groups excluding carboxylic acids is 1. The molecule has 4 unspecified atom stereocenters. The van der Waals surface area contributed by atoms with Crippen molar-refractivity contribution in [2.24, 2.45) is 5.92 Å². The summed E-state index contributed by atoms with van der Waals surface area (Å²) in [5, 5.41) is 3.49. The highest BCUT2D eigenvalue weighted by Crippen LogP contribution is 2.35. The molecule has 22 heavy (non-hydrogen) atoms. The van der Waals surface area contributed by atoms with Crippen LogP contribution in [-0.4, -0.2) is 36.0 Å². The lowest BCUT2D eigenvalue weighted by Crippen LogP contribution is -2.46. The number of benzene rings is 1. The fraction of sp³-hybridized carbons (Fsp3) is 0.632. The molecule has 2 aliphatic rings. The largest absolute Gasteiger partial charge is 0.335 e. The van der Waals surface area contributed by atoms with Crippen molar-refractivity contribution in [3.63, 3.8) is 0 Å². The van der Waals surface area contributed by atoms with E-state index in [0.29, 0.717) is 23.9 Å². The summed E-state index contributed by atoms with van der Waals surface area (Å²) in [5.41, 5.74) is 1.18. The van der Waals surface area contributed by atoms with Crippen molar-refractivity contribution in [2.75, 3.05) is 13.1 Å². The van der Waals surface area contributed by atoms with E-state index in [1.54, 1.807) is 0 Å². The Morgan fingerprint density at radius 1 is 1.23 bits per heavy atom. The van der Waals surface area contributed by atoms with Gasteiger partial charge in [0.2, 0.25) is 5.91 Å². The minimum absolute atomic E-state index is 0.00685. The fourth-order valence-corrected chi connectivity index (χ4v) is 4.11. The van der Waals surface area contributed by atoms with Gasteiger partial charge in [-0.1, -0.05) is 50.6 Å². The zero-order valence-electron chi connectivity index (χ0n) is 13.8. The van der Waals surface area contributed by atoms with Crippen LogP contribution in [0.15, 0.2) is 30.3 Å². The topological polar surface area (TPSA) is 32.3 Å². The Morgan fingerprint density at radius 2 is 1.95 bits per heavy atom. The molecule has 0 aliphatic carbocycles. The zero-order chi connectivity index (χ0) is 15.5. The second-order valence-electron chi connectivity index (χ2n) is 6.90. The maximum atomic E-state index is 13.4. The van der Waals surface area contributed by atoms with Crippen molar-refractivity contribution < 1.29 is 4.79 Å². The summed E-state index contributed by atoms with van der Waals surface area (Å²) in [5.74, 6) is 0.745.